The van der Waals surface area contributed by atoms with Gasteiger partial charge in [-0.1, -0.05) is 25.3 Å². The van der Waals surface area contributed by atoms with Crippen LogP contribution in [0.25, 0.3) is 10.6 Å². The standard InChI is InChI=1S/C19H23N5S/c1-24-12-16(10-22-24)19-23-17(13-25-19)11-21-18-8-7-15(9-20-18)14-5-3-2-4-6-14/h7-10,12-14H,2-6,11H2,1H3,(H,20,21). The van der Waals surface area contributed by atoms with Crippen molar-refractivity contribution in [2.24, 2.45) is 7.05 Å². The molecule has 1 saturated carbocycles. The van der Waals surface area contributed by atoms with Gasteiger partial charge in [-0.3, -0.25) is 4.68 Å². The van der Waals surface area contributed by atoms with Gasteiger partial charge in [0.15, 0.2) is 0 Å². The minimum atomic E-state index is 0.687. The molecule has 1 aliphatic carbocycles. The van der Waals surface area contributed by atoms with Crippen molar-refractivity contribution >= 4 is 17.2 Å². The van der Waals surface area contributed by atoms with Crippen molar-refractivity contribution in [3.05, 3.63) is 47.4 Å². The van der Waals surface area contributed by atoms with Crippen molar-refractivity contribution in [1.29, 1.82) is 0 Å². The summed E-state index contributed by atoms with van der Waals surface area (Å²) >= 11 is 1.65. The van der Waals surface area contributed by atoms with Gasteiger partial charge < -0.3 is 5.32 Å². The molecule has 130 valence electrons. The van der Waals surface area contributed by atoms with Crippen LogP contribution in [-0.2, 0) is 13.6 Å². The second kappa shape index (κ2) is 7.35. The maximum atomic E-state index is 4.67. The molecule has 3 aromatic heterocycles. The lowest BCUT2D eigenvalue weighted by Gasteiger charge is -2.21. The minimum absolute atomic E-state index is 0.687. The van der Waals surface area contributed by atoms with Crippen LogP contribution in [0.3, 0.4) is 0 Å². The lowest BCUT2D eigenvalue weighted by Crippen LogP contribution is -2.06. The summed E-state index contributed by atoms with van der Waals surface area (Å²) in [6.45, 7) is 0.687. The number of rotatable bonds is 5. The van der Waals surface area contributed by atoms with E-state index in [4.69, 9.17) is 0 Å². The average molecular weight is 353 g/mol. The van der Waals surface area contributed by atoms with Gasteiger partial charge in [0.05, 0.1) is 18.4 Å². The molecule has 3 aromatic rings. The highest BCUT2D eigenvalue weighted by Crippen LogP contribution is 2.32. The lowest BCUT2D eigenvalue weighted by molar-refractivity contribution is 0.443. The van der Waals surface area contributed by atoms with Gasteiger partial charge in [-0.25, -0.2) is 9.97 Å². The molecule has 1 N–H and O–H groups in total. The summed E-state index contributed by atoms with van der Waals surface area (Å²) in [5.74, 6) is 1.62. The van der Waals surface area contributed by atoms with E-state index >= 15 is 0 Å². The molecule has 0 aromatic carbocycles. The molecule has 0 atom stereocenters. The van der Waals surface area contributed by atoms with Crippen LogP contribution in [-0.4, -0.2) is 19.7 Å². The Hall–Kier alpha value is -2.21. The van der Waals surface area contributed by atoms with Crippen molar-refractivity contribution in [3.63, 3.8) is 0 Å². The molecular weight excluding hydrogens is 330 g/mol. The van der Waals surface area contributed by atoms with Crippen LogP contribution in [0, 0.1) is 0 Å². The van der Waals surface area contributed by atoms with Crippen LogP contribution in [0.5, 0.6) is 0 Å². The number of pyridine rings is 1. The van der Waals surface area contributed by atoms with Gasteiger partial charge in [0.2, 0.25) is 0 Å². The maximum absolute atomic E-state index is 4.67. The Kier molecular flexibility index (Phi) is 4.78. The maximum Gasteiger partial charge on any atom is 0.126 e. The van der Waals surface area contributed by atoms with Crippen molar-refractivity contribution < 1.29 is 0 Å². The van der Waals surface area contributed by atoms with E-state index in [0.29, 0.717) is 12.5 Å². The molecule has 1 aliphatic rings. The number of aryl methyl sites for hydroxylation is 1. The second-order valence-electron chi connectivity index (χ2n) is 6.71. The molecule has 25 heavy (non-hydrogen) atoms. The molecule has 0 unspecified atom stereocenters. The van der Waals surface area contributed by atoms with Crippen LogP contribution in [0.2, 0.25) is 0 Å². The van der Waals surface area contributed by atoms with Crippen molar-refractivity contribution in [1.82, 2.24) is 19.7 Å². The van der Waals surface area contributed by atoms with Gasteiger partial charge >= 0.3 is 0 Å². The molecule has 0 saturated heterocycles. The highest BCUT2D eigenvalue weighted by atomic mass is 32.1. The van der Waals surface area contributed by atoms with E-state index in [-0.39, 0.29) is 0 Å². The zero-order valence-electron chi connectivity index (χ0n) is 14.5. The van der Waals surface area contributed by atoms with E-state index in [2.05, 4.69) is 37.9 Å². The topological polar surface area (TPSA) is 55.6 Å². The quantitative estimate of drug-likeness (QED) is 0.728. The van der Waals surface area contributed by atoms with Crippen molar-refractivity contribution in [2.75, 3.05) is 5.32 Å². The predicted octanol–water partition coefficient (Wildman–Crippen LogP) is 4.60. The smallest absolute Gasteiger partial charge is 0.126 e. The molecule has 3 heterocycles. The number of hydrogen-bond donors (Lipinski definition) is 1. The summed E-state index contributed by atoms with van der Waals surface area (Å²) in [4.78, 5) is 9.26. The summed E-state index contributed by atoms with van der Waals surface area (Å²) in [7, 11) is 1.92. The van der Waals surface area contributed by atoms with Gasteiger partial charge in [0.25, 0.3) is 0 Å². The van der Waals surface area contributed by atoms with E-state index in [1.54, 1.807) is 16.0 Å². The summed E-state index contributed by atoms with van der Waals surface area (Å²) < 4.78 is 1.80. The van der Waals surface area contributed by atoms with Crippen LogP contribution in [0.15, 0.2) is 36.1 Å². The summed E-state index contributed by atoms with van der Waals surface area (Å²) in [5, 5.41) is 10.7. The van der Waals surface area contributed by atoms with E-state index in [1.165, 1.54) is 37.7 Å². The number of aromatic nitrogens is 4. The Balaban J connectivity index is 1.36. The lowest BCUT2D eigenvalue weighted by atomic mass is 9.85. The minimum Gasteiger partial charge on any atom is -0.364 e. The number of hydrogen-bond acceptors (Lipinski definition) is 5. The Morgan fingerprint density at radius 3 is 2.80 bits per heavy atom. The monoisotopic (exact) mass is 353 g/mol. The average Bonchev–Trinajstić information content (AvgIpc) is 3.30. The van der Waals surface area contributed by atoms with Gasteiger partial charge in [0.1, 0.15) is 10.8 Å². The van der Waals surface area contributed by atoms with Crippen LogP contribution < -0.4 is 5.32 Å². The van der Waals surface area contributed by atoms with Gasteiger partial charge in [-0.15, -0.1) is 11.3 Å². The zero-order chi connectivity index (χ0) is 17.1. The Morgan fingerprint density at radius 2 is 2.08 bits per heavy atom. The fraction of sp³-hybridized carbons (Fsp3) is 0.421. The first kappa shape index (κ1) is 16.3. The summed E-state index contributed by atoms with van der Waals surface area (Å²) in [6.07, 6.45) is 12.6. The number of nitrogens with zero attached hydrogens (tertiary/aromatic N) is 4. The molecule has 6 heteroatoms. The predicted molar refractivity (Wildman–Crippen MR) is 102 cm³/mol. The highest BCUT2D eigenvalue weighted by Gasteiger charge is 2.15. The first-order valence-corrected chi connectivity index (χ1v) is 9.79. The molecule has 0 spiro atoms. The SMILES string of the molecule is Cn1cc(-c2nc(CNc3ccc(C4CCCCC4)cn3)cs2)cn1. The fourth-order valence-corrected chi connectivity index (χ4v) is 4.22. The summed E-state index contributed by atoms with van der Waals surface area (Å²) in [5.41, 5.74) is 3.48. The number of thiazole rings is 1. The van der Waals surface area contributed by atoms with Gasteiger partial charge in [0, 0.05) is 30.4 Å². The molecular formula is C19H23N5S. The molecule has 0 bridgehead atoms. The summed E-state index contributed by atoms with van der Waals surface area (Å²) in [6, 6.07) is 4.33. The van der Waals surface area contributed by atoms with E-state index in [0.717, 1.165) is 22.1 Å². The molecule has 0 amide bonds. The normalized spacial score (nSPS) is 15.4. The molecule has 4 rings (SSSR count). The Bertz CT molecular complexity index is 814. The molecule has 5 nitrogen and oxygen atoms in total. The van der Waals surface area contributed by atoms with Crippen molar-refractivity contribution in [3.8, 4) is 10.6 Å². The van der Waals surface area contributed by atoms with Crippen LogP contribution in [0.1, 0.15) is 49.3 Å². The van der Waals surface area contributed by atoms with E-state index in [1.807, 2.05) is 25.6 Å². The molecule has 1 fully saturated rings. The van der Waals surface area contributed by atoms with E-state index < -0.39 is 0 Å². The first-order chi connectivity index (χ1) is 12.3. The third-order valence-corrected chi connectivity index (χ3v) is 5.76. The number of nitrogens with one attached hydrogen (secondary N) is 1. The third-order valence-electron chi connectivity index (χ3n) is 4.82. The third kappa shape index (κ3) is 3.90. The highest BCUT2D eigenvalue weighted by molar-refractivity contribution is 7.13. The van der Waals surface area contributed by atoms with Gasteiger partial charge in [-0.2, -0.15) is 5.10 Å². The largest absolute Gasteiger partial charge is 0.364 e. The van der Waals surface area contributed by atoms with E-state index in [9.17, 15) is 0 Å². The molecule has 0 radical (unpaired) electrons. The van der Waals surface area contributed by atoms with Crippen molar-refractivity contribution in [2.45, 2.75) is 44.6 Å². The van der Waals surface area contributed by atoms with Gasteiger partial charge in [-0.05, 0) is 30.4 Å². The Morgan fingerprint density at radius 1 is 1.20 bits per heavy atom. The Labute approximate surface area is 152 Å². The number of anilines is 1. The van der Waals surface area contributed by atoms with Crippen LogP contribution >= 0.6 is 11.3 Å². The molecule has 0 aliphatic heterocycles. The second-order valence-corrected chi connectivity index (χ2v) is 7.57. The van der Waals surface area contributed by atoms with Crippen LogP contribution in [0.4, 0.5) is 5.82 Å². The first-order valence-electron chi connectivity index (χ1n) is 8.91. The fourth-order valence-electron chi connectivity index (χ4n) is 3.42. The zero-order valence-corrected chi connectivity index (χ0v) is 15.3.